The lowest BCUT2D eigenvalue weighted by Crippen LogP contribution is -2.52. The molecule has 7 nitrogen and oxygen atoms in total. The smallest absolute Gasteiger partial charge is 0.313 e. The monoisotopic (exact) mass is 358 g/mol. The van der Waals surface area contributed by atoms with E-state index < -0.39 is 17.7 Å². The number of carbonyl (C=O) groups excluding carboxylic acids is 3. The summed E-state index contributed by atoms with van der Waals surface area (Å²) in [6, 6.07) is 1.58. The SMILES string of the molecule is C[C@@H]1CC[C@@H](C2CCCC2)N(C(=O)C(=O)Nc2cncc(C(N)=O)c2)C1. The van der Waals surface area contributed by atoms with Crippen LogP contribution in [0.2, 0.25) is 0 Å². The van der Waals surface area contributed by atoms with Crippen molar-refractivity contribution < 1.29 is 14.4 Å². The molecule has 26 heavy (non-hydrogen) atoms. The molecule has 1 saturated carbocycles. The molecule has 1 aliphatic heterocycles. The zero-order valence-corrected chi connectivity index (χ0v) is 15.1. The molecule has 7 heteroatoms. The highest BCUT2D eigenvalue weighted by molar-refractivity contribution is 6.39. The van der Waals surface area contributed by atoms with Gasteiger partial charge in [0.25, 0.3) is 0 Å². The Balaban J connectivity index is 1.72. The van der Waals surface area contributed by atoms with Crippen LogP contribution in [0.15, 0.2) is 18.5 Å². The van der Waals surface area contributed by atoms with E-state index in [0.29, 0.717) is 24.1 Å². The lowest BCUT2D eigenvalue weighted by molar-refractivity contribution is -0.147. The van der Waals surface area contributed by atoms with E-state index in [-0.39, 0.29) is 11.6 Å². The Morgan fingerprint density at radius 1 is 1.15 bits per heavy atom. The highest BCUT2D eigenvalue weighted by atomic mass is 16.2. The molecule has 2 aliphatic rings. The third-order valence-electron chi connectivity index (χ3n) is 5.54. The molecular formula is C19H26N4O3. The van der Waals surface area contributed by atoms with E-state index in [4.69, 9.17) is 5.73 Å². The Labute approximate surface area is 153 Å². The van der Waals surface area contributed by atoms with Crippen LogP contribution in [0.4, 0.5) is 5.69 Å². The first-order valence-corrected chi connectivity index (χ1v) is 9.32. The normalized spacial score (nSPS) is 23.7. The molecule has 1 aliphatic carbocycles. The largest absolute Gasteiger partial charge is 0.366 e. The highest BCUT2D eigenvalue weighted by Gasteiger charge is 2.38. The first kappa shape index (κ1) is 18.4. The second kappa shape index (κ2) is 7.85. The number of piperidine rings is 1. The van der Waals surface area contributed by atoms with Gasteiger partial charge in [-0.15, -0.1) is 0 Å². The van der Waals surface area contributed by atoms with E-state index in [9.17, 15) is 14.4 Å². The van der Waals surface area contributed by atoms with Crippen molar-refractivity contribution in [2.45, 2.75) is 51.5 Å². The van der Waals surface area contributed by atoms with Gasteiger partial charge in [0, 0.05) is 18.8 Å². The van der Waals surface area contributed by atoms with Crippen LogP contribution in [0, 0.1) is 11.8 Å². The molecule has 0 radical (unpaired) electrons. The summed E-state index contributed by atoms with van der Waals surface area (Å²) >= 11 is 0. The standard InChI is InChI=1S/C19H26N4O3/c1-12-6-7-16(13-4-2-3-5-13)23(11-12)19(26)18(25)22-15-8-14(17(20)24)9-21-10-15/h8-10,12-13,16H,2-7,11H2,1H3,(H2,20,24)(H,22,25)/t12-,16+/m1/s1. The molecule has 1 aromatic heterocycles. The number of primary amides is 1. The van der Waals surface area contributed by atoms with Gasteiger partial charge in [-0.1, -0.05) is 19.8 Å². The van der Waals surface area contributed by atoms with Gasteiger partial charge in [-0.2, -0.15) is 0 Å². The summed E-state index contributed by atoms with van der Waals surface area (Å²) in [6.45, 7) is 2.73. The minimum Gasteiger partial charge on any atom is -0.366 e. The summed E-state index contributed by atoms with van der Waals surface area (Å²) in [6.07, 6.45) is 9.45. The number of aromatic nitrogens is 1. The fourth-order valence-corrected chi connectivity index (χ4v) is 4.20. The molecule has 0 spiro atoms. The number of anilines is 1. The van der Waals surface area contributed by atoms with Crippen LogP contribution in [0.1, 0.15) is 55.8 Å². The lowest BCUT2D eigenvalue weighted by Gasteiger charge is -2.41. The predicted molar refractivity (Wildman–Crippen MR) is 97.2 cm³/mol. The molecule has 2 heterocycles. The van der Waals surface area contributed by atoms with Crippen LogP contribution in [-0.4, -0.2) is 40.2 Å². The quantitative estimate of drug-likeness (QED) is 0.805. The number of hydrogen-bond donors (Lipinski definition) is 2. The number of nitrogens with two attached hydrogens (primary N) is 1. The van der Waals surface area contributed by atoms with Gasteiger partial charge < -0.3 is 16.0 Å². The van der Waals surface area contributed by atoms with Crippen molar-refractivity contribution in [1.29, 1.82) is 0 Å². The maximum atomic E-state index is 12.8. The average molecular weight is 358 g/mol. The van der Waals surface area contributed by atoms with Crippen molar-refractivity contribution in [3.05, 3.63) is 24.0 Å². The van der Waals surface area contributed by atoms with Gasteiger partial charge in [-0.25, -0.2) is 0 Å². The first-order chi connectivity index (χ1) is 12.5. The van der Waals surface area contributed by atoms with Gasteiger partial charge in [-0.05, 0) is 43.6 Å². The number of nitrogens with one attached hydrogen (secondary N) is 1. The average Bonchev–Trinajstić information content (AvgIpc) is 3.15. The summed E-state index contributed by atoms with van der Waals surface area (Å²) in [7, 11) is 0. The molecule has 0 bridgehead atoms. The molecule has 2 fully saturated rings. The summed E-state index contributed by atoms with van der Waals surface area (Å²) < 4.78 is 0. The Bertz CT molecular complexity index is 700. The number of nitrogens with zero attached hydrogens (tertiary/aromatic N) is 2. The maximum absolute atomic E-state index is 12.8. The van der Waals surface area contributed by atoms with Crippen molar-refractivity contribution in [1.82, 2.24) is 9.88 Å². The van der Waals surface area contributed by atoms with Crippen LogP contribution in [0.5, 0.6) is 0 Å². The fourth-order valence-electron chi connectivity index (χ4n) is 4.20. The van der Waals surface area contributed by atoms with Crippen molar-refractivity contribution in [2.75, 3.05) is 11.9 Å². The number of likely N-dealkylation sites (tertiary alicyclic amines) is 1. The van der Waals surface area contributed by atoms with Crippen LogP contribution < -0.4 is 11.1 Å². The second-order valence-electron chi connectivity index (χ2n) is 7.53. The van der Waals surface area contributed by atoms with Crippen molar-refractivity contribution in [3.8, 4) is 0 Å². The molecule has 1 aromatic rings. The highest BCUT2D eigenvalue weighted by Crippen LogP contribution is 2.36. The topological polar surface area (TPSA) is 105 Å². The number of carbonyl (C=O) groups is 3. The first-order valence-electron chi connectivity index (χ1n) is 9.32. The van der Waals surface area contributed by atoms with Gasteiger partial charge in [0.15, 0.2) is 0 Å². The molecular weight excluding hydrogens is 332 g/mol. The van der Waals surface area contributed by atoms with Gasteiger partial charge in [0.05, 0.1) is 17.4 Å². The number of hydrogen-bond acceptors (Lipinski definition) is 4. The predicted octanol–water partition coefficient (Wildman–Crippen LogP) is 1.94. The van der Waals surface area contributed by atoms with Crippen LogP contribution in [0.25, 0.3) is 0 Å². The third kappa shape index (κ3) is 4.03. The molecule has 3 N–H and O–H groups in total. The number of amides is 3. The fraction of sp³-hybridized carbons (Fsp3) is 0.579. The molecule has 140 valence electrons. The third-order valence-corrected chi connectivity index (χ3v) is 5.54. The Kier molecular flexibility index (Phi) is 5.54. The minimum absolute atomic E-state index is 0.155. The van der Waals surface area contributed by atoms with Gasteiger partial charge in [0.2, 0.25) is 5.91 Å². The number of rotatable bonds is 3. The Morgan fingerprint density at radius 3 is 2.58 bits per heavy atom. The Hall–Kier alpha value is -2.44. The summed E-state index contributed by atoms with van der Waals surface area (Å²) in [4.78, 5) is 42.2. The molecule has 3 rings (SSSR count). The van der Waals surface area contributed by atoms with Crippen LogP contribution >= 0.6 is 0 Å². The van der Waals surface area contributed by atoms with E-state index >= 15 is 0 Å². The maximum Gasteiger partial charge on any atom is 0.313 e. The molecule has 0 aromatic carbocycles. The van der Waals surface area contributed by atoms with E-state index in [2.05, 4.69) is 17.2 Å². The van der Waals surface area contributed by atoms with E-state index in [0.717, 1.165) is 25.7 Å². The molecule has 2 atom stereocenters. The van der Waals surface area contributed by atoms with E-state index in [1.165, 1.54) is 31.3 Å². The molecule has 0 unspecified atom stereocenters. The number of pyridine rings is 1. The molecule has 3 amide bonds. The Morgan fingerprint density at radius 2 is 1.88 bits per heavy atom. The minimum atomic E-state index is -0.689. The van der Waals surface area contributed by atoms with Crippen LogP contribution in [-0.2, 0) is 9.59 Å². The lowest BCUT2D eigenvalue weighted by atomic mass is 9.85. The van der Waals surface area contributed by atoms with Crippen molar-refractivity contribution >= 4 is 23.4 Å². The zero-order valence-electron chi connectivity index (χ0n) is 15.1. The van der Waals surface area contributed by atoms with Gasteiger partial charge >= 0.3 is 11.8 Å². The van der Waals surface area contributed by atoms with E-state index in [1.807, 2.05) is 0 Å². The zero-order chi connectivity index (χ0) is 18.7. The second-order valence-corrected chi connectivity index (χ2v) is 7.53. The van der Waals surface area contributed by atoms with Crippen molar-refractivity contribution in [3.63, 3.8) is 0 Å². The van der Waals surface area contributed by atoms with Crippen molar-refractivity contribution in [2.24, 2.45) is 17.6 Å². The van der Waals surface area contributed by atoms with E-state index in [1.54, 1.807) is 4.90 Å². The summed E-state index contributed by atoms with van der Waals surface area (Å²) in [5, 5.41) is 2.56. The van der Waals surface area contributed by atoms with Crippen LogP contribution in [0.3, 0.4) is 0 Å². The summed E-state index contributed by atoms with van der Waals surface area (Å²) in [5.74, 6) is -0.933. The van der Waals surface area contributed by atoms with Gasteiger partial charge in [-0.3, -0.25) is 19.4 Å². The van der Waals surface area contributed by atoms with Gasteiger partial charge in [0.1, 0.15) is 0 Å². The summed E-state index contributed by atoms with van der Waals surface area (Å²) in [5.41, 5.74) is 5.71. The molecule has 1 saturated heterocycles.